The average molecular weight is 475 g/mol. The van der Waals surface area contributed by atoms with Crippen molar-refractivity contribution in [1.82, 2.24) is 10.3 Å². The molecular weight excluding hydrogens is 455 g/mol. The summed E-state index contributed by atoms with van der Waals surface area (Å²) in [4.78, 5) is 40.6. The standard InChI is InChI=1S/C23H20F3N3O5/c1-22(27-2,20(31)32)18-11-29(21(33)34-18)13-8-7-12-9-17(28-19(30)15(12)10-13)14-5-3-4-6-16(14)23(24,25)26/h3-10,18,27H,11H2,1-2H3,(H,28,30)(H,31,32)/t18?,22-/m1/s1. The van der Waals surface area contributed by atoms with Crippen molar-refractivity contribution in [2.45, 2.75) is 24.7 Å². The van der Waals surface area contributed by atoms with E-state index in [-0.39, 0.29) is 28.9 Å². The lowest BCUT2D eigenvalue weighted by Gasteiger charge is -2.28. The number of carboxylic acids is 1. The average Bonchev–Trinajstić information content (AvgIpc) is 3.19. The van der Waals surface area contributed by atoms with Crippen molar-refractivity contribution in [2.24, 2.45) is 0 Å². The quantitative estimate of drug-likeness (QED) is 0.520. The number of cyclic esters (lactones) is 1. The molecule has 1 aromatic heterocycles. The van der Waals surface area contributed by atoms with E-state index in [4.69, 9.17) is 4.74 Å². The Bertz CT molecular complexity index is 1350. The number of carboxylic acid groups (broad SMARTS) is 1. The number of pyridine rings is 1. The fourth-order valence-corrected chi connectivity index (χ4v) is 3.91. The first-order valence-electron chi connectivity index (χ1n) is 10.2. The topological polar surface area (TPSA) is 112 Å². The molecule has 0 bridgehead atoms. The van der Waals surface area contributed by atoms with Gasteiger partial charge < -0.3 is 20.1 Å². The Morgan fingerprint density at radius 2 is 1.88 bits per heavy atom. The van der Waals surface area contributed by atoms with Crippen LogP contribution in [0.4, 0.5) is 23.7 Å². The Morgan fingerprint density at radius 1 is 1.18 bits per heavy atom. The number of aromatic amines is 1. The van der Waals surface area contributed by atoms with E-state index in [1.807, 2.05) is 0 Å². The number of hydrogen-bond donors (Lipinski definition) is 3. The number of fused-ring (bicyclic) bond motifs is 1. The van der Waals surface area contributed by atoms with Crippen molar-refractivity contribution in [3.05, 3.63) is 64.4 Å². The molecule has 2 heterocycles. The summed E-state index contributed by atoms with van der Waals surface area (Å²) in [5, 5.41) is 12.7. The second-order valence-electron chi connectivity index (χ2n) is 8.07. The van der Waals surface area contributed by atoms with Crippen LogP contribution in [0.3, 0.4) is 0 Å². The smallest absolute Gasteiger partial charge is 0.417 e. The minimum Gasteiger partial charge on any atom is -0.480 e. The number of anilines is 1. The van der Waals surface area contributed by atoms with Crippen LogP contribution < -0.4 is 15.8 Å². The molecule has 1 fully saturated rings. The highest BCUT2D eigenvalue weighted by Gasteiger charge is 2.49. The normalized spacial score (nSPS) is 18.1. The summed E-state index contributed by atoms with van der Waals surface area (Å²) in [6.07, 6.45) is -6.38. The third-order valence-electron chi connectivity index (χ3n) is 6.08. The van der Waals surface area contributed by atoms with Crippen LogP contribution in [0, 0.1) is 0 Å². The van der Waals surface area contributed by atoms with Gasteiger partial charge in [-0.05, 0) is 43.6 Å². The Morgan fingerprint density at radius 3 is 2.53 bits per heavy atom. The van der Waals surface area contributed by atoms with Gasteiger partial charge in [0.05, 0.1) is 12.1 Å². The van der Waals surface area contributed by atoms with Crippen LogP contribution in [0.15, 0.2) is 53.3 Å². The fourth-order valence-electron chi connectivity index (χ4n) is 3.91. The third kappa shape index (κ3) is 3.87. The molecule has 3 N–H and O–H groups in total. The SMILES string of the molecule is CN[C@@](C)(C(=O)O)C1CN(c2ccc3cc(-c4ccccc4C(F)(F)F)[nH]c(=O)c3c2)C(=O)O1. The number of H-pyrrole nitrogens is 1. The van der Waals surface area contributed by atoms with Gasteiger partial charge in [0.1, 0.15) is 0 Å². The maximum atomic E-state index is 13.4. The Balaban J connectivity index is 1.72. The molecule has 1 aliphatic rings. The number of halogens is 3. The van der Waals surface area contributed by atoms with Gasteiger partial charge >= 0.3 is 18.2 Å². The zero-order valence-corrected chi connectivity index (χ0v) is 18.1. The molecule has 3 aromatic rings. The Hall–Kier alpha value is -3.86. The molecule has 11 heteroatoms. The lowest BCUT2D eigenvalue weighted by molar-refractivity contribution is -0.147. The number of likely N-dealkylation sites (N-methyl/N-ethyl adjacent to an activating group) is 1. The second kappa shape index (κ2) is 8.17. The van der Waals surface area contributed by atoms with E-state index in [0.717, 1.165) is 6.07 Å². The van der Waals surface area contributed by atoms with Crippen LogP contribution in [0.5, 0.6) is 0 Å². The highest BCUT2D eigenvalue weighted by atomic mass is 19.4. The highest BCUT2D eigenvalue weighted by Crippen LogP contribution is 2.37. The van der Waals surface area contributed by atoms with E-state index in [9.17, 15) is 32.7 Å². The molecule has 2 atom stereocenters. The van der Waals surface area contributed by atoms with Crippen molar-refractivity contribution < 1.29 is 32.6 Å². The van der Waals surface area contributed by atoms with Crippen molar-refractivity contribution in [3.8, 4) is 11.3 Å². The number of carbonyl (C=O) groups excluding carboxylic acids is 1. The molecule has 1 unspecified atom stereocenters. The van der Waals surface area contributed by atoms with Gasteiger partial charge in [0.15, 0.2) is 11.6 Å². The monoisotopic (exact) mass is 475 g/mol. The predicted molar refractivity (Wildman–Crippen MR) is 118 cm³/mol. The number of ether oxygens (including phenoxy) is 1. The summed E-state index contributed by atoms with van der Waals surface area (Å²) in [7, 11) is 1.44. The molecule has 1 saturated heterocycles. The largest absolute Gasteiger partial charge is 0.480 e. The van der Waals surface area contributed by atoms with Crippen LogP contribution in [-0.2, 0) is 15.7 Å². The minimum absolute atomic E-state index is 0.00469. The van der Waals surface area contributed by atoms with Crippen LogP contribution >= 0.6 is 0 Å². The number of aliphatic carboxylic acids is 1. The van der Waals surface area contributed by atoms with Crippen LogP contribution in [0.25, 0.3) is 22.0 Å². The maximum absolute atomic E-state index is 13.4. The van der Waals surface area contributed by atoms with Crippen LogP contribution in [0.2, 0.25) is 0 Å². The molecule has 0 radical (unpaired) electrons. The number of amides is 1. The van der Waals surface area contributed by atoms with E-state index < -0.39 is 41.0 Å². The van der Waals surface area contributed by atoms with Gasteiger partial charge in [-0.25, -0.2) is 4.79 Å². The molecule has 34 heavy (non-hydrogen) atoms. The molecule has 8 nitrogen and oxygen atoms in total. The lowest BCUT2D eigenvalue weighted by atomic mass is 9.95. The first-order chi connectivity index (χ1) is 16.0. The number of nitrogens with one attached hydrogen (secondary N) is 2. The minimum atomic E-state index is -4.60. The summed E-state index contributed by atoms with van der Waals surface area (Å²) in [5.74, 6) is -1.20. The molecule has 1 amide bonds. The zero-order valence-electron chi connectivity index (χ0n) is 18.1. The number of carbonyl (C=O) groups is 2. The Kier molecular flexibility index (Phi) is 5.60. The number of benzene rings is 2. The zero-order chi connectivity index (χ0) is 24.8. The highest BCUT2D eigenvalue weighted by molar-refractivity contribution is 5.95. The van der Waals surface area contributed by atoms with Gasteiger partial charge in [0.2, 0.25) is 0 Å². The molecule has 1 aliphatic heterocycles. The number of rotatable bonds is 5. The van der Waals surface area contributed by atoms with E-state index in [1.54, 1.807) is 0 Å². The van der Waals surface area contributed by atoms with Gasteiger partial charge in [0.25, 0.3) is 5.56 Å². The maximum Gasteiger partial charge on any atom is 0.417 e. The molecule has 2 aromatic carbocycles. The summed E-state index contributed by atoms with van der Waals surface area (Å²) in [6, 6.07) is 10.8. The van der Waals surface area contributed by atoms with Gasteiger partial charge in [-0.15, -0.1) is 0 Å². The number of aromatic nitrogens is 1. The summed E-state index contributed by atoms with van der Waals surface area (Å²) >= 11 is 0. The summed E-state index contributed by atoms with van der Waals surface area (Å²) < 4.78 is 45.5. The molecule has 0 saturated carbocycles. The molecular formula is C23H20F3N3O5. The number of hydrogen-bond acceptors (Lipinski definition) is 5. The van der Waals surface area contributed by atoms with Crippen molar-refractivity contribution >= 4 is 28.5 Å². The first-order valence-corrected chi connectivity index (χ1v) is 10.2. The molecule has 0 aliphatic carbocycles. The van der Waals surface area contributed by atoms with Gasteiger partial charge in [-0.3, -0.25) is 14.5 Å². The summed E-state index contributed by atoms with van der Waals surface area (Å²) in [5.41, 5.74) is -2.91. The lowest BCUT2D eigenvalue weighted by Crippen LogP contribution is -2.58. The van der Waals surface area contributed by atoms with Crippen molar-refractivity contribution in [1.29, 1.82) is 0 Å². The number of alkyl halides is 3. The first kappa shape index (κ1) is 23.3. The van der Waals surface area contributed by atoms with E-state index in [0.29, 0.717) is 5.39 Å². The predicted octanol–water partition coefficient (Wildman–Crippen LogP) is 3.60. The van der Waals surface area contributed by atoms with Crippen LogP contribution in [-0.4, -0.2) is 47.4 Å². The molecule has 0 spiro atoms. The second-order valence-corrected chi connectivity index (χ2v) is 8.07. The van der Waals surface area contributed by atoms with E-state index in [2.05, 4.69) is 10.3 Å². The van der Waals surface area contributed by atoms with E-state index in [1.165, 1.54) is 61.3 Å². The van der Waals surface area contributed by atoms with Crippen LogP contribution in [0.1, 0.15) is 12.5 Å². The molecule has 4 rings (SSSR count). The van der Waals surface area contributed by atoms with Crippen molar-refractivity contribution in [3.63, 3.8) is 0 Å². The third-order valence-corrected chi connectivity index (χ3v) is 6.08. The van der Waals surface area contributed by atoms with E-state index >= 15 is 0 Å². The van der Waals surface area contributed by atoms with Gasteiger partial charge in [0, 0.05) is 22.3 Å². The summed E-state index contributed by atoms with van der Waals surface area (Å²) in [6.45, 7) is 1.31. The van der Waals surface area contributed by atoms with Gasteiger partial charge in [-0.2, -0.15) is 13.2 Å². The van der Waals surface area contributed by atoms with Gasteiger partial charge in [-0.1, -0.05) is 24.3 Å². The number of nitrogens with zero attached hydrogens (tertiary/aromatic N) is 1. The molecule has 178 valence electrons. The Labute approximate surface area is 191 Å². The van der Waals surface area contributed by atoms with Crippen molar-refractivity contribution in [2.75, 3.05) is 18.5 Å². The fraction of sp³-hybridized carbons (Fsp3) is 0.261.